The van der Waals surface area contributed by atoms with Crippen LogP contribution in [0.15, 0.2) is 36.9 Å². The fraction of sp³-hybridized carbons (Fsp3) is 0.524. The molecular formula is C21H29N5O4. The lowest BCUT2D eigenvalue weighted by Crippen LogP contribution is -2.41. The van der Waals surface area contributed by atoms with E-state index in [1.165, 1.54) is 17.3 Å². The van der Waals surface area contributed by atoms with Crippen molar-refractivity contribution in [3.05, 3.63) is 42.5 Å². The molecule has 1 saturated heterocycles. The monoisotopic (exact) mass is 415 g/mol. The third-order valence-electron chi connectivity index (χ3n) is 4.85. The van der Waals surface area contributed by atoms with Gasteiger partial charge in [0.25, 0.3) is 0 Å². The van der Waals surface area contributed by atoms with Gasteiger partial charge in [0.2, 0.25) is 11.8 Å². The topological polar surface area (TPSA) is 89.8 Å². The van der Waals surface area contributed by atoms with E-state index < -0.39 is 0 Å². The van der Waals surface area contributed by atoms with Crippen molar-refractivity contribution in [2.24, 2.45) is 5.92 Å². The summed E-state index contributed by atoms with van der Waals surface area (Å²) in [6.07, 6.45) is 2.58. The van der Waals surface area contributed by atoms with E-state index in [1.807, 2.05) is 24.3 Å². The van der Waals surface area contributed by atoms with Crippen molar-refractivity contribution in [2.75, 3.05) is 33.3 Å². The summed E-state index contributed by atoms with van der Waals surface area (Å²) in [6.45, 7) is 6.01. The lowest BCUT2D eigenvalue weighted by Gasteiger charge is -2.26. The van der Waals surface area contributed by atoms with Crippen molar-refractivity contribution in [1.82, 2.24) is 24.6 Å². The van der Waals surface area contributed by atoms with E-state index >= 15 is 0 Å². The third kappa shape index (κ3) is 6.03. The minimum absolute atomic E-state index is 0.0409. The van der Waals surface area contributed by atoms with E-state index in [0.29, 0.717) is 32.2 Å². The van der Waals surface area contributed by atoms with Crippen LogP contribution in [0.25, 0.3) is 0 Å². The van der Waals surface area contributed by atoms with E-state index in [0.717, 1.165) is 11.3 Å². The van der Waals surface area contributed by atoms with E-state index in [1.54, 1.807) is 16.9 Å². The summed E-state index contributed by atoms with van der Waals surface area (Å²) in [5.41, 5.74) is 0.973. The van der Waals surface area contributed by atoms with Gasteiger partial charge in [0.15, 0.2) is 0 Å². The average Bonchev–Trinajstić information content (AvgIpc) is 3.17. The van der Waals surface area contributed by atoms with Crippen LogP contribution in [0.5, 0.6) is 5.75 Å². The SMILES string of the molecule is COc1cccc(CO[C@@H]2CN(C(=O)Cn3cncn3)CC(=O)N(CC(C)C)C2)c1. The van der Waals surface area contributed by atoms with Gasteiger partial charge in [-0.25, -0.2) is 9.67 Å². The van der Waals surface area contributed by atoms with Gasteiger partial charge in [0, 0.05) is 19.6 Å². The lowest BCUT2D eigenvalue weighted by molar-refractivity contribution is -0.139. The van der Waals surface area contributed by atoms with Gasteiger partial charge < -0.3 is 19.3 Å². The Balaban J connectivity index is 1.70. The highest BCUT2D eigenvalue weighted by Crippen LogP contribution is 2.16. The van der Waals surface area contributed by atoms with Crippen LogP contribution >= 0.6 is 0 Å². The number of hydrogen-bond donors (Lipinski definition) is 0. The normalized spacial score (nSPS) is 17.3. The molecule has 0 bridgehead atoms. The zero-order valence-corrected chi connectivity index (χ0v) is 17.7. The Hall–Kier alpha value is -2.94. The molecule has 2 heterocycles. The van der Waals surface area contributed by atoms with Gasteiger partial charge in [-0.2, -0.15) is 5.10 Å². The van der Waals surface area contributed by atoms with Crippen LogP contribution in [0, 0.1) is 5.92 Å². The molecule has 30 heavy (non-hydrogen) atoms. The Morgan fingerprint density at radius 1 is 1.30 bits per heavy atom. The summed E-state index contributed by atoms with van der Waals surface area (Å²) in [6, 6.07) is 7.67. The number of hydrogen-bond acceptors (Lipinski definition) is 6. The zero-order valence-electron chi connectivity index (χ0n) is 17.7. The molecule has 1 aromatic heterocycles. The van der Waals surface area contributed by atoms with E-state index in [2.05, 4.69) is 23.9 Å². The van der Waals surface area contributed by atoms with E-state index in [4.69, 9.17) is 9.47 Å². The number of rotatable bonds is 8. The van der Waals surface area contributed by atoms with Crippen LogP contribution < -0.4 is 4.74 Å². The first kappa shape index (κ1) is 21.8. The van der Waals surface area contributed by atoms with Crippen LogP contribution in [-0.2, 0) is 27.5 Å². The number of carbonyl (C=O) groups is 2. The first-order valence-electron chi connectivity index (χ1n) is 10.1. The largest absolute Gasteiger partial charge is 0.497 e. The summed E-state index contributed by atoms with van der Waals surface area (Å²) in [4.78, 5) is 32.8. The molecule has 162 valence electrons. The van der Waals surface area contributed by atoms with Gasteiger partial charge in [-0.1, -0.05) is 26.0 Å². The number of nitrogens with zero attached hydrogens (tertiary/aromatic N) is 5. The van der Waals surface area contributed by atoms with Gasteiger partial charge in [0.1, 0.15) is 24.9 Å². The predicted molar refractivity (Wildman–Crippen MR) is 110 cm³/mol. The zero-order chi connectivity index (χ0) is 21.5. The highest BCUT2D eigenvalue weighted by Gasteiger charge is 2.31. The maximum Gasteiger partial charge on any atom is 0.244 e. The van der Waals surface area contributed by atoms with Crippen molar-refractivity contribution >= 4 is 11.8 Å². The van der Waals surface area contributed by atoms with Gasteiger partial charge >= 0.3 is 0 Å². The van der Waals surface area contributed by atoms with Crippen LogP contribution in [0.4, 0.5) is 0 Å². The maximum atomic E-state index is 12.8. The summed E-state index contributed by atoms with van der Waals surface area (Å²) in [7, 11) is 1.62. The molecule has 9 nitrogen and oxygen atoms in total. The van der Waals surface area contributed by atoms with E-state index in [9.17, 15) is 9.59 Å². The molecule has 1 fully saturated rings. The molecule has 0 N–H and O–H groups in total. The van der Waals surface area contributed by atoms with Crippen LogP contribution in [0.3, 0.4) is 0 Å². The fourth-order valence-electron chi connectivity index (χ4n) is 3.42. The third-order valence-corrected chi connectivity index (χ3v) is 4.85. The molecule has 0 spiro atoms. The number of carbonyl (C=O) groups excluding carboxylic acids is 2. The second kappa shape index (κ2) is 10.2. The fourth-order valence-corrected chi connectivity index (χ4v) is 3.42. The second-order valence-corrected chi connectivity index (χ2v) is 7.84. The Labute approximate surface area is 176 Å². The molecule has 0 saturated carbocycles. The standard InChI is InChI=1S/C21H29N5O4/c1-16(2)8-24-9-19(30-13-17-5-4-6-18(7-17)29-3)10-25(11-20(24)27)21(28)12-26-15-22-14-23-26/h4-7,14-16,19H,8-13H2,1-3H3/t19-/m0/s1. The summed E-state index contributed by atoms with van der Waals surface area (Å²) in [5, 5.41) is 3.98. The minimum Gasteiger partial charge on any atom is -0.497 e. The smallest absolute Gasteiger partial charge is 0.244 e. The molecule has 0 radical (unpaired) electrons. The van der Waals surface area contributed by atoms with Crippen molar-refractivity contribution in [1.29, 1.82) is 0 Å². The number of ether oxygens (including phenoxy) is 2. The Kier molecular flexibility index (Phi) is 7.40. The van der Waals surface area contributed by atoms with Gasteiger partial charge in [-0.15, -0.1) is 0 Å². The summed E-state index contributed by atoms with van der Waals surface area (Å²) in [5.74, 6) is 0.835. The van der Waals surface area contributed by atoms with E-state index in [-0.39, 0.29) is 31.0 Å². The quantitative estimate of drug-likeness (QED) is 0.644. The molecule has 2 amide bonds. The van der Waals surface area contributed by atoms with Crippen LogP contribution in [0.2, 0.25) is 0 Å². The Bertz CT molecular complexity index is 840. The number of benzene rings is 1. The second-order valence-electron chi connectivity index (χ2n) is 7.84. The molecule has 2 aromatic rings. The summed E-state index contributed by atoms with van der Waals surface area (Å²) < 4.78 is 12.9. The van der Waals surface area contributed by atoms with Crippen molar-refractivity contribution in [3.8, 4) is 5.75 Å². The molecule has 9 heteroatoms. The molecular weight excluding hydrogens is 386 g/mol. The predicted octanol–water partition coefficient (Wildman–Crippen LogP) is 1.20. The summed E-state index contributed by atoms with van der Waals surface area (Å²) >= 11 is 0. The molecule has 1 aliphatic heterocycles. The number of aromatic nitrogens is 3. The van der Waals surface area contributed by atoms with Gasteiger partial charge in [-0.3, -0.25) is 9.59 Å². The minimum atomic E-state index is -0.291. The molecule has 1 atom stereocenters. The van der Waals surface area contributed by atoms with Crippen molar-refractivity contribution < 1.29 is 19.1 Å². The molecule has 0 aliphatic carbocycles. The average molecular weight is 415 g/mol. The van der Waals surface area contributed by atoms with Crippen LogP contribution in [-0.4, -0.2) is 75.8 Å². The first-order chi connectivity index (χ1) is 14.4. The maximum absolute atomic E-state index is 12.8. The Morgan fingerprint density at radius 2 is 2.13 bits per heavy atom. The molecule has 1 aromatic carbocycles. The molecule has 1 aliphatic rings. The number of amides is 2. The van der Waals surface area contributed by atoms with Crippen molar-refractivity contribution in [3.63, 3.8) is 0 Å². The van der Waals surface area contributed by atoms with Crippen molar-refractivity contribution in [2.45, 2.75) is 33.1 Å². The molecule has 0 unspecified atom stereocenters. The highest BCUT2D eigenvalue weighted by molar-refractivity contribution is 5.85. The molecule has 3 rings (SSSR count). The highest BCUT2D eigenvalue weighted by atomic mass is 16.5. The van der Waals surface area contributed by atoms with Gasteiger partial charge in [-0.05, 0) is 23.6 Å². The van der Waals surface area contributed by atoms with Crippen LogP contribution in [0.1, 0.15) is 19.4 Å². The van der Waals surface area contributed by atoms with Gasteiger partial charge in [0.05, 0.1) is 26.4 Å². The first-order valence-corrected chi connectivity index (χ1v) is 10.1. The lowest BCUT2D eigenvalue weighted by atomic mass is 10.2. The Morgan fingerprint density at radius 3 is 2.83 bits per heavy atom. The number of methoxy groups -OCH3 is 1.